The Labute approximate surface area is 176 Å². The number of amides is 1. The predicted molar refractivity (Wildman–Crippen MR) is 114 cm³/mol. The second kappa shape index (κ2) is 7.69. The minimum Gasteiger partial charge on any atom is -0.314 e. The summed E-state index contributed by atoms with van der Waals surface area (Å²) in [5.74, 6) is 0.342. The molecule has 3 aliphatic heterocycles. The molecule has 0 spiro atoms. The average Bonchev–Trinajstić information content (AvgIpc) is 3.24. The fraction of sp³-hybridized carbons (Fsp3) is 0.333. The number of carbonyl (C=O) groups is 1. The first-order valence-corrected chi connectivity index (χ1v) is 10.5. The maximum absolute atomic E-state index is 14.3. The Kier molecular flexibility index (Phi) is 4.87. The lowest BCUT2D eigenvalue weighted by atomic mass is 9.99. The van der Waals surface area contributed by atoms with Crippen LogP contribution in [0.3, 0.4) is 0 Å². The molecule has 0 N–H and O–H groups in total. The molecule has 0 bridgehead atoms. The van der Waals surface area contributed by atoms with Gasteiger partial charge in [-0.1, -0.05) is 42.5 Å². The van der Waals surface area contributed by atoms with Gasteiger partial charge in [0.25, 0.3) is 5.91 Å². The number of aliphatic imine (C=N–C) groups is 1. The molecular weight excluding hydrogens is 379 g/mol. The van der Waals surface area contributed by atoms with Crippen LogP contribution in [0, 0.1) is 12.7 Å². The number of aryl methyl sites for hydroxylation is 1. The molecule has 3 heterocycles. The first-order valence-electron chi connectivity index (χ1n) is 10.5. The smallest absolute Gasteiger partial charge is 0.259 e. The molecular formula is C24H25FN4O. The summed E-state index contributed by atoms with van der Waals surface area (Å²) in [6.45, 7) is 6.13. The van der Waals surface area contributed by atoms with E-state index in [0.29, 0.717) is 24.6 Å². The Hall–Kier alpha value is -2.99. The van der Waals surface area contributed by atoms with Crippen LogP contribution in [0.15, 0.2) is 64.8 Å². The van der Waals surface area contributed by atoms with Gasteiger partial charge in [0, 0.05) is 43.9 Å². The molecule has 0 unspecified atom stereocenters. The van der Waals surface area contributed by atoms with E-state index in [-0.39, 0.29) is 18.3 Å². The third-order valence-corrected chi connectivity index (χ3v) is 6.23. The molecule has 0 radical (unpaired) electrons. The van der Waals surface area contributed by atoms with Crippen LogP contribution < -0.4 is 0 Å². The number of benzene rings is 2. The fourth-order valence-electron chi connectivity index (χ4n) is 4.58. The summed E-state index contributed by atoms with van der Waals surface area (Å²) in [5.41, 5.74) is 4.99. The highest BCUT2D eigenvalue weighted by atomic mass is 19.1. The van der Waals surface area contributed by atoms with E-state index in [2.05, 4.69) is 46.0 Å². The van der Waals surface area contributed by atoms with Crippen molar-refractivity contribution in [1.82, 2.24) is 14.7 Å². The van der Waals surface area contributed by atoms with Gasteiger partial charge in [-0.2, -0.15) is 0 Å². The first kappa shape index (κ1) is 19.0. The summed E-state index contributed by atoms with van der Waals surface area (Å²) in [6, 6.07) is 15.0. The summed E-state index contributed by atoms with van der Waals surface area (Å²) in [4.78, 5) is 24.2. The van der Waals surface area contributed by atoms with Crippen molar-refractivity contribution >= 4 is 11.9 Å². The third-order valence-electron chi connectivity index (χ3n) is 6.23. The van der Waals surface area contributed by atoms with Crippen LogP contribution in [0.25, 0.3) is 0 Å². The molecule has 3 aliphatic rings. The van der Waals surface area contributed by atoms with Crippen molar-refractivity contribution in [1.29, 1.82) is 0 Å². The van der Waals surface area contributed by atoms with Crippen LogP contribution in [0.1, 0.15) is 23.1 Å². The lowest BCUT2D eigenvalue weighted by Crippen LogP contribution is -2.53. The highest BCUT2D eigenvalue weighted by Crippen LogP contribution is 2.32. The number of fused-ring (bicyclic) bond motifs is 2. The summed E-state index contributed by atoms with van der Waals surface area (Å²) in [5, 5.41) is 0. The minimum atomic E-state index is -0.292. The Morgan fingerprint density at radius 3 is 2.57 bits per heavy atom. The highest BCUT2D eigenvalue weighted by Gasteiger charge is 2.41. The van der Waals surface area contributed by atoms with E-state index in [9.17, 15) is 9.18 Å². The zero-order chi connectivity index (χ0) is 20.7. The molecule has 0 aliphatic carbocycles. The molecule has 0 atom stereocenters. The Morgan fingerprint density at radius 2 is 1.77 bits per heavy atom. The van der Waals surface area contributed by atoms with E-state index in [4.69, 9.17) is 0 Å². The maximum Gasteiger partial charge on any atom is 0.259 e. The van der Waals surface area contributed by atoms with Gasteiger partial charge in [0.1, 0.15) is 5.82 Å². The van der Waals surface area contributed by atoms with Crippen LogP contribution >= 0.6 is 0 Å². The van der Waals surface area contributed by atoms with E-state index >= 15 is 0 Å². The number of nitrogens with zero attached hydrogens (tertiary/aromatic N) is 4. The second-order valence-electron chi connectivity index (χ2n) is 8.13. The van der Waals surface area contributed by atoms with Crippen molar-refractivity contribution in [2.75, 3.05) is 26.2 Å². The molecule has 0 fully saturated rings. The zero-order valence-electron chi connectivity index (χ0n) is 17.1. The van der Waals surface area contributed by atoms with Crippen molar-refractivity contribution in [3.05, 3.63) is 82.3 Å². The average molecular weight is 404 g/mol. The summed E-state index contributed by atoms with van der Waals surface area (Å²) >= 11 is 0. The van der Waals surface area contributed by atoms with Crippen molar-refractivity contribution in [2.45, 2.75) is 26.4 Å². The van der Waals surface area contributed by atoms with Gasteiger partial charge in [-0.3, -0.25) is 19.6 Å². The first-order chi connectivity index (χ1) is 14.6. The lowest BCUT2D eigenvalue weighted by molar-refractivity contribution is -0.125. The van der Waals surface area contributed by atoms with Gasteiger partial charge < -0.3 is 4.90 Å². The maximum atomic E-state index is 14.3. The number of halogens is 1. The third kappa shape index (κ3) is 3.31. The van der Waals surface area contributed by atoms with Gasteiger partial charge in [0.15, 0.2) is 0 Å². The predicted octanol–water partition coefficient (Wildman–Crippen LogP) is 3.31. The van der Waals surface area contributed by atoms with Crippen molar-refractivity contribution < 1.29 is 9.18 Å². The van der Waals surface area contributed by atoms with Gasteiger partial charge in [0.2, 0.25) is 5.96 Å². The topological polar surface area (TPSA) is 39.2 Å². The molecule has 5 rings (SSSR count). The van der Waals surface area contributed by atoms with Crippen LogP contribution in [0.4, 0.5) is 4.39 Å². The monoisotopic (exact) mass is 404 g/mol. The lowest BCUT2D eigenvalue weighted by Gasteiger charge is -2.42. The summed E-state index contributed by atoms with van der Waals surface area (Å²) in [7, 11) is 0. The van der Waals surface area contributed by atoms with Crippen molar-refractivity contribution in [2.24, 2.45) is 4.99 Å². The number of guanidine groups is 1. The Balaban J connectivity index is 1.42. The van der Waals surface area contributed by atoms with E-state index in [1.54, 1.807) is 23.1 Å². The van der Waals surface area contributed by atoms with Crippen LogP contribution in [0.2, 0.25) is 0 Å². The Morgan fingerprint density at radius 1 is 1.00 bits per heavy atom. The van der Waals surface area contributed by atoms with E-state index in [1.807, 2.05) is 0 Å². The van der Waals surface area contributed by atoms with E-state index < -0.39 is 0 Å². The van der Waals surface area contributed by atoms with Crippen LogP contribution in [-0.2, 0) is 17.9 Å². The molecule has 6 heteroatoms. The van der Waals surface area contributed by atoms with Gasteiger partial charge in [-0.15, -0.1) is 0 Å². The van der Waals surface area contributed by atoms with Gasteiger partial charge >= 0.3 is 0 Å². The number of carbonyl (C=O) groups excluding carboxylic acids is 1. The quantitative estimate of drug-likeness (QED) is 0.785. The van der Waals surface area contributed by atoms with Crippen LogP contribution in [-0.4, -0.2) is 52.7 Å². The molecule has 5 nitrogen and oxygen atoms in total. The fourth-order valence-corrected chi connectivity index (χ4v) is 4.58. The SMILES string of the molecule is Cc1ccccc1CN1CCC2=C(C1)C(=O)N(Cc1ccccc1F)C1=NCCN12. The molecule has 2 aromatic rings. The zero-order valence-corrected chi connectivity index (χ0v) is 17.1. The molecule has 2 aromatic carbocycles. The molecule has 30 heavy (non-hydrogen) atoms. The molecule has 154 valence electrons. The van der Waals surface area contributed by atoms with Crippen molar-refractivity contribution in [3.8, 4) is 0 Å². The second-order valence-corrected chi connectivity index (χ2v) is 8.13. The van der Waals surface area contributed by atoms with E-state index in [0.717, 1.165) is 37.3 Å². The number of rotatable bonds is 4. The molecule has 0 aromatic heterocycles. The number of hydrogen-bond donors (Lipinski definition) is 0. The minimum absolute atomic E-state index is 0.0420. The number of hydrogen-bond acceptors (Lipinski definition) is 4. The largest absolute Gasteiger partial charge is 0.314 e. The Bertz CT molecular complexity index is 1060. The van der Waals surface area contributed by atoms with Crippen LogP contribution in [0.5, 0.6) is 0 Å². The van der Waals surface area contributed by atoms with Gasteiger partial charge in [0.05, 0.1) is 18.7 Å². The molecule has 0 saturated carbocycles. The normalized spacial score (nSPS) is 19.1. The standard InChI is InChI=1S/C24H25FN4O/c1-17-6-2-3-7-18(17)14-27-12-10-22-20(16-27)23(30)29(24-26-11-13-28(22)24)15-19-8-4-5-9-21(19)25/h2-9H,10-16H2,1H3. The molecule has 1 amide bonds. The molecule has 0 saturated heterocycles. The van der Waals surface area contributed by atoms with Gasteiger partial charge in [-0.25, -0.2) is 4.39 Å². The summed E-state index contributed by atoms with van der Waals surface area (Å²) in [6.07, 6.45) is 0.833. The van der Waals surface area contributed by atoms with Gasteiger partial charge in [-0.05, 0) is 24.1 Å². The highest BCUT2D eigenvalue weighted by molar-refractivity contribution is 6.09. The van der Waals surface area contributed by atoms with Crippen molar-refractivity contribution in [3.63, 3.8) is 0 Å². The summed E-state index contributed by atoms with van der Waals surface area (Å²) < 4.78 is 14.3. The van der Waals surface area contributed by atoms with E-state index in [1.165, 1.54) is 17.2 Å².